The van der Waals surface area contributed by atoms with Crippen LogP contribution in [0.3, 0.4) is 0 Å². The van der Waals surface area contributed by atoms with Gasteiger partial charge in [0.05, 0.1) is 17.9 Å². The Morgan fingerprint density at radius 1 is 1.06 bits per heavy atom. The summed E-state index contributed by atoms with van der Waals surface area (Å²) in [5.74, 6) is -1.72. The molecule has 1 spiro atoms. The number of hydrogen-bond acceptors (Lipinski definition) is 7. The monoisotopic (exact) mass is 492 g/mol. The van der Waals surface area contributed by atoms with Crippen molar-refractivity contribution in [2.24, 2.45) is 0 Å². The van der Waals surface area contributed by atoms with Gasteiger partial charge in [-0.3, -0.25) is 14.4 Å². The van der Waals surface area contributed by atoms with Crippen molar-refractivity contribution in [3.8, 4) is 11.5 Å². The Morgan fingerprint density at radius 3 is 2.56 bits per heavy atom. The van der Waals surface area contributed by atoms with Gasteiger partial charge in [-0.25, -0.2) is 0 Å². The number of carbonyl (C=O) groups is 3. The van der Waals surface area contributed by atoms with E-state index < -0.39 is 28.9 Å². The second kappa shape index (κ2) is 9.31. The second-order valence-corrected chi connectivity index (χ2v) is 8.90. The minimum atomic E-state index is -1.80. The Labute approximate surface area is 208 Å². The summed E-state index contributed by atoms with van der Waals surface area (Å²) in [6, 6.07) is 11.9. The van der Waals surface area contributed by atoms with Crippen molar-refractivity contribution in [2.45, 2.75) is 25.3 Å². The number of likely N-dealkylation sites (tertiary alicyclic amines) is 1. The first kappa shape index (κ1) is 23.9. The molecule has 0 saturated carbocycles. The number of aliphatic hydroxyl groups excluding tert-OH is 1. The Bertz CT molecular complexity index is 1270. The van der Waals surface area contributed by atoms with Crippen LogP contribution in [0.4, 0.5) is 5.69 Å². The summed E-state index contributed by atoms with van der Waals surface area (Å²) in [6.07, 6.45) is 1.60. The van der Waals surface area contributed by atoms with E-state index in [4.69, 9.17) is 14.2 Å². The third-order valence-corrected chi connectivity index (χ3v) is 6.88. The normalized spacial score (nSPS) is 22.0. The SMILES string of the molecule is CCCCN1C(=O)C2(/C(=C(\O)c3ccc4c(c3)OCCO4)C(=O)C(=O)N2CCOC)c2ccccc21. The zero-order valence-electron chi connectivity index (χ0n) is 20.3. The smallest absolute Gasteiger partial charge is 0.296 e. The molecule has 1 N–H and O–H groups in total. The van der Waals surface area contributed by atoms with Gasteiger partial charge in [0, 0.05) is 31.3 Å². The topological polar surface area (TPSA) is 106 Å². The highest BCUT2D eigenvalue weighted by Gasteiger charge is 2.66. The zero-order chi connectivity index (χ0) is 25.4. The largest absolute Gasteiger partial charge is 0.507 e. The van der Waals surface area contributed by atoms with Gasteiger partial charge < -0.3 is 29.1 Å². The molecule has 0 aliphatic carbocycles. The molecule has 5 rings (SSSR count). The van der Waals surface area contributed by atoms with Crippen molar-refractivity contribution in [3.63, 3.8) is 0 Å². The second-order valence-electron chi connectivity index (χ2n) is 8.90. The highest BCUT2D eigenvalue weighted by atomic mass is 16.6. The number of benzene rings is 2. The molecule has 1 fully saturated rings. The summed E-state index contributed by atoms with van der Waals surface area (Å²) in [7, 11) is 1.48. The molecule has 1 atom stereocenters. The van der Waals surface area contributed by atoms with E-state index in [0.717, 1.165) is 12.8 Å². The van der Waals surface area contributed by atoms with Crippen LogP contribution >= 0.6 is 0 Å². The van der Waals surface area contributed by atoms with Crippen LogP contribution < -0.4 is 14.4 Å². The number of carbonyl (C=O) groups excluding carboxylic acids is 3. The van der Waals surface area contributed by atoms with Crippen LogP contribution in [-0.2, 0) is 24.7 Å². The molecular formula is C27H28N2O7. The Hall–Kier alpha value is -3.85. The fourth-order valence-electron chi connectivity index (χ4n) is 5.22. The van der Waals surface area contributed by atoms with Crippen LogP contribution in [0, 0.1) is 0 Å². The fourth-order valence-corrected chi connectivity index (χ4v) is 5.22. The molecule has 0 bridgehead atoms. The maximum atomic E-state index is 14.3. The molecule has 0 aromatic heterocycles. The van der Waals surface area contributed by atoms with Crippen LogP contribution in [0.5, 0.6) is 11.5 Å². The van der Waals surface area contributed by atoms with Gasteiger partial charge in [0.25, 0.3) is 17.6 Å². The summed E-state index contributed by atoms with van der Waals surface area (Å²) in [5.41, 5.74) is -0.694. The molecular weight excluding hydrogens is 464 g/mol. The summed E-state index contributed by atoms with van der Waals surface area (Å²) in [5, 5.41) is 11.6. The maximum absolute atomic E-state index is 14.3. The minimum Gasteiger partial charge on any atom is -0.507 e. The molecule has 9 nitrogen and oxygen atoms in total. The van der Waals surface area contributed by atoms with Crippen molar-refractivity contribution in [2.75, 3.05) is 44.9 Å². The van der Waals surface area contributed by atoms with Crippen molar-refractivity contribution in [1.82, 2.24) is 4.90 Å². The highest BCUT2D eigenvalue weighted by Crippen LogP contribution is 2.53. The average Bonchev–Trinajstić information content (AvgIpc) is 3.28. The third kappa shape index (κ3) is 3.37. The molecule has 1 unspecified atom stereocenters. The first-order chi connectivity index (χ1) is 17.5. The molecule has 3 heterocycles. The summed E-state index contributed by atoms with van der Waals surface area (Å²) in [6.45, 7) is 3.31. The first-order valence-corrected chi connectivity index (χ1v) is 12.1. The van der Waals surface area contributed by atoms with Crippen LogP contribution in [0.2, 0.25) is 0 Å². The van der Waals surface area contributed by atoms with E-state index in [9.17, 15) is 19.5 Å². The number of ketones is 1. The molecule has 36 heavy (non-hydrogen) atoms. The predicted octanol–water partition coefficient (Wildman–Crippen LogP) is 2.83. The van der Waals surface area contributed by atoms with Crippen molar-refractivity contribution < 1.29 is 33.7 Å². The number of Topliss-reactive ketones (excluding diaryl/α,β-unsaturated/α-hetero) is 1. The number of hydrogen-bond donors (Lipinski definition) is 1. The molecule has 3 aliphatic heterocycles. The molecule has 188 valence electrons. The van der Waals surface area contributed by atoms with Crippen molar-refractivity contribution in [1.29, 1.82) is 0 Å². The van der Waals surface area contributed by atoms with Crippen LogP contribution in [0.25, 0.3) is 5.76 Å². The lowest BCUT2D eigenvalue weighted by Crippen LogP contribution is -2.52. The molecule has 2 amide bonds. The van der Waals surface area contributed by atoms with E-state index in [2.05, 4.69) is 0 Å². The van der Waals surface area contributed by atoms with E-state index in [1.54, 1.807) is 41.3 Å². The summed E-state index contributed by atoms with van der Waals surface area (Å²) >= 11 is 0. The zero-order valence-corrected chi connectivity index (χ0v) is 20.3. The number of unbranched alkanes of at least 4 members (excludes halogenated alkanes) is 1. The van der Waals surface area contributed by atoms with Gasteiger partial charge in [0.2, 0.25) is 0 Å². The van der Waals surface area contributed by atoms with Gasteiger partial charge in [-0.05, 0) is 30.7 Å². The minimum absolute atomic E-state index is 0.000679. The Balaban J connectivity index is 1.76. The lowest BCUT2D eigenvalue weighted by atomic mass is 9.82. The molecule has 2 aromatic carbocycles. The van der Waals surface area contributed by atoms with Crippen molar-refractivity contribution in [3.05, 3.63) is 59.2 Å². The predicted molar refractivity (Wildman–Crippen MR) is 131 cm³/mol. The number of fused-ring (bicyclic) bond motifs is 3. The number of rotatable bonds is 7. The Kier molecular flexibility index (Phi) is 6.17. The van der Waals surface area contributed by atoms with Crippen LogP contribution in [0.1, 0.15) is 30.9 Å². The number of para-hydroxylation sites is 1. The van der Waals surface area contributed by atoms with E-state index in [1.807, 2.05) is 13.0 Å². The fraction of sp³-hybridized carbons (Fsp3) is 0.370. The number of methoxy groups -OCH3 is 1. The van der Waals surface area contributed by atoms with Gasteiger partial charge in [-0.2, -0.15) is 0 Å². The van der Waals surface area contributed by atoms with Crippen molar-refractivity contribution >= 4 is 29.0 Å². The van der Waals surface area contributed by atoms with Crippen LogP contribution in [-0.4, -0.2) is 67.6 Å². The number of ether oxygens (including phenoxy) is 3. The molecule has 9 heteroatoms. The molecule has 1 saturated heterocycles. The van der Waals surface area contributed by atoms with Crippen LogP contribution in [0.15, 0.2) is 48.0 Å². The lowest BCUT2D eigenvalue weighted by Gasteiger charge is -2.34. The molecule has 2 aromatic rings. The number of anilines is 1. The van der Waals surface area contributed by atoms with Gasteiger partial charge in [0.15, 0.2) is 17.0 Å². The molecule has 0 radical (unpaired) electrons. The standard InChI is InChI=1S/C27H28N2O7/c1-3-4-11-28-19-8-6-5-7-18(19)27(26(28)33)22(24(31)25(32)29(27)12-13-34-2)23(30)17-9-10-20-21(16-17)36-15-14-35-20/h5-10,16,30H,3-4,11-15H2,1-2H3/b23-22-. The van der Waals surface area contributed by atoms with E-state index in [0.29, 0.717) is 42.5 Å². The van der Waals surface area contributed by atoms with E-state index in [1.165, 1.54) is 12.0 Å². The van der Waals surface area contributed by atoms with E-state index >= 15 is 0 Å². The maximum Gasteiger partial charge on any atom is 0.296 e. The summed E-state index contributed by atoms with van der Waals surface area (Å²) < 4.78 is 16.4. The van der Waals surface area contributed by atoms with Gasteiger partial charge >= 0.3 is 0 Å². The Morgan fingerprint density at radius 2 is 1.81 bits per heavy atom. The lowest BCUT2D eigenvalue weighted by molar-refractivity contribution is -0.144. The highest BCUT2D eigenvalue weighted by molar-refractivity contribution is 6.50. The summed E-state index contributed by atoms with van der Waals surface area (Å²) in [4.78, 5) is 44.1. The first-order valence-electron chi connectivity index (χ1n) is 12.1. The number of amides is 2. The average molecular weight is 493 g/mol. The van der Waals surface area contributed by atoms with Gasteiger partial charge in [-0.15, -0.1) is 0 Å². The quantitative estimate of drug-likeness (QED) is 0.360. The number of aliphatic hydroxyl groups is 1. The van der Waals surface area contributed by atoms with E-state index in [-0.39, 0.29) is 24.3 Å². The third-order valence-electron chi connectivity index (χ3n) is 6.88. The van der Waals surface area contributed by atoms with Gasteiger partial charge in [-0.1, -0.05) is 31.5 Å². The van der Waals surface area contributed by atoms with Gasteiger partial charge in [0.1, 0.15) is 19.0 Å². The molecule has 3 aliphatic rings. The number of nitrogens with zero attached hydrogens (tertiary/aromatic N) is 2.